The average molecular weight is 349 g/mol. The molecule has 4 heteroatoms. The minimum absolute atomic E-state index is 0.0850. The van der Waals surface area contributed by atoms with Gasteiger partial charge in [-0.15, -0.1) is 0 Å². The highest BCUT2D eigenvalue weighted by Crippen LogP contribution is 2.34. The number of fused-ring (bicyclic) bond motifs is 1. The van der Waals surface area contributed by atoms with Crippen LogP contribution in [0.1, 0.15) is 45.8 Å². The Kier molecular flexibility index (Phi) is 5.97. The maximum atomic E-state index is 12.3. The smallest absolute Gasteiger partial charge is 0.251 e. The number of rotatable bonds is 7. The van der Waals surface area contributed by atoms with E-state index in [1.165, 1.54) is 17.2 Å². The van der Waals surface area contributed by atoms with Gasteiger partial charge >= 0.3 is 0 Å². The molecule has 134 valence electrons. The van der Waals surface area contributed by atoms with E-state index in [-0.39, 0.29) is 11.7 Å². The van der Waals surface area contributed by atoms with Crippen LogP contribution in [0.2, 0.25) is 0 Å². The second kappa shape index (κ2) is 8.59. The van der Waals surface area contributed by atoms with E-state index in [1.54, 1.807) is 30.3 Å². The second-order valence-electron chi connectivity index (χ2n) is 6.56. The van der Waals surface area contributed by atoms with Crippen molar-refractivity contribution in [3.05, 3.63) is 76.9 Å². The summed E-state index contributed by atoms with van der Waals surface area (Å²) in [5, 5.41) is 11.7. The quantitative estimate of drug-likeness (QED) is 0.755. The van der Waals surface area contributed by atoms with Crippen molar-refractivity contribution in [3.8, 4) is 0 Å². The van der Waals surface area contributed by atoms with E-state index in [0.717, 1.165) is 24.8 Å². The molecule has 0 heterocycles. The number of aliphatic hydroxyl groups is 1. The third kappa shape index (κ3) is 4.46. The van der Waals surface area contributed by atoms with Crippen molar-refractivity contribution in [1.82, 2.24) is 5.32 Å². The van der Waals surface area contributed by atoms with Crippen LogP contribution in [0.25, 0.3) is 6.08 Å². The number of nitrogens with one attached hydrogen (secondary N) is 1. The molecule has 1 unspecified atom stereocenters. The van der Waals surface area contributed by atoms with Crippen molar-refractivity contribution in [1.29, 1.82) is 0 Å². The Morgan fingerprint density at radius 2 is 1.88 bits per heavy atom. The van der Waals surface area contributed by atoms with E-state index in [0.29, 0.717) is 18.0 Å². The fourth-order valence-corrected chi connectivity index (χ4v) is 3.39. The van der Waals surface area contributed by atoms with Gasteiger partial charge in [-0.3, -0.25) is 9.59 Å². The van der Waals surface area contributed by atoms with Crippen LogP contribution in [0.3, 0.4) is 0 Å². The Balaban J connectivity index is 1.49. The predicted octanol–water partition coefficient (Wildman–Crippen LogP) is 3.11. The van der Waals surface area contributed by atoms with Gasteiger partial charge in [0.25, 0.3) is 5.91 Å². The van der Waals surface area contributed by atoms with Crippen LogP contribution in [0.4, 0.5) is 0 Å². The summed E-state index contributed by atoms with van der Waals surface area (Å²) in [4.78, 5) is 23.3. The van der Waals surface area contributed by atoms with Gasteiger partial charge in [-0.05, 0) is 60.1 Å². The molecule has 0 bridgehead atoms. The molecule has 1 aliphatic rings. The van der Waals surface area contributed by atoms with Crippen LogP contribution in [-0.2, 0) is 11.2 Å². The number of benzene rings is 2. The summed E-state index contributed by atoms with van der Waals surface area (Å²) < 4.78 is 0. The molecule has 0 saturated carbocycles. The average Bonchev–Trinajstić information content (AvgIpc) is 3.09. The van der Waals surface area contributed by atoms with E-state index in [1.807, 2.05) is 0 Å². The molecule has 0 radical (unpaired) electrons. The molecule has 0 fully saturated rings. The summed E-state index contributed by atoms with van der Waals surface area (Å²) >= 11 is 0. The van der Waals surface area contributed by atoms with Gasteiger partial charge in [0.2, 0.25) is 0 Å². The molecule has 0 aliphatic heterocycles. The molecule has 2 N–H and O–H groups in total. The largest absolute Gasteiger partial charge is 0.388 e. The summed E-state index contributed by atoms with van der Waals surface area (Å²) in [5.74, 6) is 0.0987. The molecule has 1 atom stereocenters. The highest BCUT2D eigenvalue weighted by atomic mass is 16.3. The van der Waals surface area contributed by atoms with Crippen LogP contribution in [-0.4, -0.2) is 29.9 Å². The Morgan fingerprint density at radius 3 is 2.65 bits per heavy atom. The minimum Gasteiger partial charge on any atom is -0.388 e. The van der Waals surface area contributed by atoms with E-state index < -0.39 is 6.61 Å². The molecule has 0 saturated heterocycles. The highest BCUT2D eigenvalue weighted by Gasteiger charge is 2.21. The lowest BCUT2D eigenvalue weighted by atomic mass is 9.98. The van der Waals surface area contributed by atoms with Gasteiger partial charge in [-0.1, -0.05) is 42.5 Å². The lowest BCUT2D eigenvalue weighted by Crippen LogP contribution is -2.25. The van der Waals surface area contributed by atoms with Gasteiger partial charge in [0.15, 0.2) is 5.78 Å². The number of aliphatic hydroxyl groups excluding tert-OH is 1. The molecule has 0 aromatic heterocycles. The molecular weight excluding hydrogens is 326 g/mol. The highest BCUT2D eigenvalue weighted by molar-refractivity contribution is 5.95. The third-order valence-corrected chi connectivity index (χ3v) is 4.83. The van der Waals surface area contributed by atoms with Crippen molar-refractivity contribution in [2.24, 2.45) is 0 Å². The van der Waals surface area contributed by atoms with Crippen LogP contribution < -0.4 is 5.32 Å². The molecule has 3 rings (SSSR count). The molecule has 1 amide bonds. The Hall–Kier alpha value is -2.72. The number of aryl methyl sites for hydroxylation is 1. The molecule has 1 aliphatic carbocycles. The number of hydrogen-bond acceptors (Lipinski definition) is 3. The van der Waals surface area contributed by atoms with Gasteiger partial charge in [-0.2, -0.15) is 0 Å². The molecule has 26 heavy (non-hydrogen) atoms. The summed E-state index contributed by atoms with van der Waals surface area (Å²) in [5.41, 5.74) is 4.27. The van der Waals surface area contributed by atoms with Crippen LogP contribution >= 0.6 is 0 Å². The first-order valence-electron chi connectivity index (χ1n) is 8.95. The first-order valence-corrected chi connectivity index (χ1v) is 8.95. The number of hydrogen-bond donors (Lipinski definition) is 2. The summed E-state index contributed by atoms with van der Waals surface area (Å²) in [6.45, 7) is 0.160. The maximum absolute atomic E-state index is 12.3. The maximum Gasteiger partial charge on any atom is 0.251 e. The van der Waals surface area contributed by atoms with E-state index in [2.05, 4.69) is 29.6 Å². The summed E-state index contributed by atoms with van der Waals surface area (Å²) in [6.07, 6.45) is 6.19. The zero-order valence-corrected chi connectivity index (χ0v) is 14.7. The van der Waals surface area contributed by atoms with E-state index in [9.17, 15) is 9.59 Å². The van der Waals surface area contributed by atoms with Crippen molar-refractivity contribution in [3.63, 3.8) is 0 Å². The summed E-state index contributed by atoms with van der Waals surface area (Å²) in [7, 11) is 0. The zero-order chi connectivity index (χ0) is 18.4. The van der Waals surface area contributed by atoms with Crippen LogP contribution in [0, 0.1) is 0 Å². The van der Waals surface area contributed by atoms with Crippen LogP contribution in [0.15, 0.2) is 54.6 Å². The number of ketones is 1. The van der Waals surface area contributed by atoms with E-state index in [4.69, 9.17) is 5.11 Å². The van der Waals surface area contributed by atoms with Gasteiger partial charge in [0, 0.05) is 12.1 Å². The lowest BCUT2D eigenvalue weighted by molar-refractivity contribution is -0.117. The standard InChI is InChI=1S/C22H23NO3/c24-15-20(25)12-7-16-5-8-19(9-6-16)22(26)23-14-13-18-11-10-17-3-1-2-4-21(17)18/h1-9,12,18,24H,10-11,13-15H2,(H,23,26)/b12-7+. The number of carbonyl (C=O) groups is 2. The Bertz CT molecular complexity index is 808. The van der Waals surface area contributed by atoms with Gasteiger partial charge in [0.05, 0.1) is 0 Å². The Morgan fingerprint density at radius 1 is 1.12 bits per heavy atom. The van der Waals surface area contributed by atoms with Gasteiger partial charge < -0.3 is 10.4 Å². The van der Waals surface area contributed by atoms with E-state index >= 15 is 0 Å². The summed E-state index contributed by atoms with van der Waals surface area (Å²) in [6, 6.07) is 15.6. The Labute approximate surface area is 153 Å². The minimum atomic E-state index is -0.498. The first kappa shape index (κ1) is 18.1. The van der Waals surface area contributed by atoms with Crippen molar-refractivity contribution in [2.45, 2.75) is 25.2 Å². The van der Waals surface area contributed by atoms with Gasteiger partial charge in [0.1, 0.15) is 6.61 Å². The SMILES string of the molecule is O=C(/C=C/c1ccc(C(=O)NCCC2CCc3ccccc32)cc1)CO. The van der Waals surface area contributed by atoms with Gasteiger partial charge in [-0.25, -0.2) is 0 Å². The molecule has 2 aromatic carbocycles. The number of amides is 1. The lowest BCUT2D eigenvalue weighted by Gasteiger charge is -2.12. The zero-order valence-electron chi connectivity index (χ0n) is 14.7. The fraction of sp³-hybridized carbons (Fsp3) is 0.273. The van der Waals surface area contributed by atoms with Crippen LogP contribution in [0.5, 0.6) is 0 Å². The fourth-order valence-electron chi connectivity index (χ4n) is 3.39. The molecular formula is C22H23NO3. The molecule has 4 nitrogen and oxygen atoms in total. The van der Waals surface area contributed by atoms with Crippen molar-refractivity contribution < 1.29 is 14.7 Å². The predicted molar refractivity (Wildman–Crippen MR) is 102 cm³/mol. The number of carbonyl (C=O) groups excluding carboxylic acids is 2. The third-order valence-electron chi connectivity index (χ3n) is 4.83. The first-order chi connectivity index (χ1) is 12.7. The topological polar surface area (TPSA) is 66.4 Å². The normalized spacial score (nSPS) is 15.8. The van der Waals surface area contributed by atoms with Crippen molar-refractivity contribution >= 4 is 17.8 Å². The monoisotopic (exact) mass is 349 g/mol. The molecule has 2 aromatic rings. The van der Waals surface area contributed by atoms with Crippen molar-refractivity contribution in [2.75, 3.05) is 13.2 Å². The second-order valence-corrected chi connectivity index (χ2v) is 6.56. The molecule has 0 spiro atoms.